The molecule has 0 saturated carbocycles. The van der Waals surface area contributed by atoms with Gasteiger partial charge in [0.25, 0.3) is 0 Å². The first-order valence-corrected chi connectivity index (χ1v) is 11.4. The number of aliphatic hydroxyl groups is 1. The predicted octanol–water partition coefficient (Wildman–Crippen LogP) is 3.17. The summed E-state index contributed by atoms with van der Waals surface area (Å²) >= 11 is 0. The molecule has 0 aromatic heterocycles. The molecular formula is C23H47KO3. The van der Waals surface area contributed by atoms with Crippen molar-refractivity contribution in [3.63, 3.8) is 0 Å². The SMILES string of the molecule is CCCCCCCCCCCCCCCCCCCCCC(=O)[O-].CO.[K+]. The second-order valence-electron chi connectivity index (χ2n) is 7.49. The van der Waals surface area contributed by atoms with Crippen LogP contribution in [0.4, 0.5) is 0 Å². The summed E-state index contributed by atoms with van der Waals surface area (Å²) < 4.78 is 0. The van der Waals surface area contributed by atoms with Crippen molar-refractivity contribution in [2.45, 2.75) is 135 Å². The van der Waals surface area contributed by atoms with E-state index in [1.165, 1.54) is 109 Å². The molecule has 0 radical (unpaired) electrons. The number of rotatable bonds is 20. The summed E-state index contributed by atoms with van der Waals surface area (Å²) in [5, 5.41) is 17.3. The number of carbonyl (C=O) groups is 1. The van der Waals surface area contributed by atoms with Gasteiger partial charge in [0.15, 0.2) is 0 Å². The van der Waals surface area contributed by atoms with Crippen LogP contribution in [-0.4, -0.2) is 18.2 Å². The Morgan fingerprint density at radius 2 is 0.778 bits per heavy atom. The summed E-state index contributed by atoms with van der Waals surface area (Å²) in [5.41, 5.74) is 0. The van der Waals surface area contributed by atoms with Crippen LogP contribution in [0.5, 0.6) is 0 Å². The molecule has 0 spiro atoms. The van der Waals surface area contributed by atoms with Crippen molar-refractivity contribution in [2.75, 3.05) is 7.11 Å². The van der Waals surface area contributed by atoms with Gasteiger partial charge in [-0.1, -0.05) is 122 Å². The zero-order valence-electron chi connectivity index (χ0n) is 18.9. The Hall–Kier alpha value is 1.07. The molecule has 0 aliphatic carbocycles. The Morgan fingerprint density at radius 1 is 0.556 bits per heavy atom. The standard InChI is InChI=1S/C22H44O2.CH4O.K/c1-2-3-4-5-6-7-8-9-10-11-12-13-14-15-16-17-18-19-20-21-22(23)24;1-2;/h2-21H2,1H3,(H,23,24);2H,1H3;/q;;+1/p-1. The molecule has 0 saturated heterocycles. The minimum Gasteiger partial charge on any atom is -0.550 e. The quantitative estimate of drug-likeness (QED) is 0.248. The average Bonchev–Trinajstić information content (AvgIpc) is 2.65. The Morgan fingerprint density at radius 3 is 1.00 bits per heavy atom. The zero-order chi connectivity index (χ0) is 19.7. The van der Waals surface area contributed by atoms with E-state index in [9.17, 15) is 9.90 Å². The summed E-state index contributed by atoms with van der Waals surface area (Å²) in [6.45, 7) is 2.28. The van der Waals surface area contributed by atoms with E-state index in [-0.39, 0.29) is 57.8 Å². The van der Waals surface area contributed by atoms with Crippen molar-refractivity contribution >= 4 is 5.97 Å². The fraction of sp³-hybridized carbons (Fsp3) is 0.957. The topological polar surface area (TPSA) is 60.4 Å². The number of hydrogen-bond donors (Lipinski definition) is 1. The number of hydrogen-bond acceptors (Lipinski definition) is 3. The van der Waals surface area contributed by atoms with Gasteiger partial charge in [-0.2, -0.15) is 0 Å². The van der Waals surface area contributed by atoms with Gasteiger partial charge in [-0.25, -0.2) is 0 Å². The van der Waals surface area contributed by atoms with Gasteiger partial charge >= 0.3 is 51.4 Å². The third kappa shape index (κ3) is 34.9. The van der Waals surface area contributed by atoms with Crippen LogP contribution in [0, 0.1) is 0 Å². The third-order valence-electron chi connectivity index (χ3n) is 4.98. The van der Waals surface area contributed by atoms with Crippen LogP contribution in [-0.2, 0) is 4.79 Å². The van der Waals surface area contributed by atoms with E-state index in [0.717, 1.165) is 20.0 Å². The summed E-state index contributed by atoms with van der Waals surface area (Å²) in [4.78, 5) is 10.3. The Kier molecular flexibility index (Phi) is 38.5. The Labute approximate surface area is 212 Å². The number of carboxylic acid groups (broad SMARTS) is 1. The molecule has 0 aromatic carbocycles. The molecule has 0 heterocycles. The summed E-state index contributed by atoms with van der Waals surface area (Å²) in [5.74, 6) is -0.901. The molecule has 0 aliphatic heterocycles. The maximum atomic E-state index is 10.3. The summed E-state index contributed by atoms with van der Waals surface area (Å²) in [6.07, 6.45) is 25.7. The summed E-state index contributed by atoms with van der Waals surface area (Å²) in [7, 11) is 1.00. The smallest absolute Gasteiger partial charge is 0.550 e. The van der Waals surface area contributed by atoms with Gasteiger partial charge in [-0.05, 0) is 12.8 Å². The van der Waals surface area contributed by atoms with E-state index >= 15 is 0 Å². The largest absolute Gasteiger partial charge is 1.00 e. The molecular weight excluding hydrogens is 363 g/mol. The number of carbonyl (C=O) groups excluding carboxylic acids is 1. The van der Waals surface area contributed by atoms with Crippen molar-refractivity contribution < 1.29 is 66.4 Å². The molecule has 1 N–H and O–H groups in total. The normalized spacial score (nSPS) is 10.0. The van der Waals surface area contributed by atoms with Crippen molar-refractivity contribution in [2.24, 2.45) is 0 Å². The molecule has 158 valence electrons. The van der Waals surface area contributed by atoms with Crippen molar-refractivity contribution in [1.29, 1.82) is 0 Å². The van der Waals surface area contributed by atoms with E-state index in [1.807, 2.05) is 0 Å². The van der Waals surface area contributed by atoms with Gasteiger partial charge < -0.3 is 15.0 Å². The average molecular weight is 411 g/mol. The zero-order valence-corrected chi connectivity index (χ0v) is 22.0. The fourth-order valence-electron chi connectivity index (χ4n) is 3.35. The number of aliphatic hydroxyl groups excluding tert-OH is 1. The van der Waals surface area contributed by atoms with Crippen LogP contribution < -0.4 is 56.5 Å². The van der Waals surface area contributed by atoms with E-state index in [0.29, 0.717) is 0 Å². The van der Waals surface area contributed by atoms with Gasteiger partial charge in [0.05, 0.1) is 0 Å². The van der Waals surface area contributed by atoms with Crippen LogP contribution in [0.3, 0.4) is 0 Å². The molecule has 0 fully saturated rings. The van der Waals surface area contributed by atoms with Gasteiger partial charge in [0.2, 0.25) is 0 Å². The number of unbranched alkanes of at least 4 members (excludes halogenated alkanes) is 18. The Balaban J connectivity index is -0.00000185. The Bertz CT molecular complexity index is 260. The molecule has 0 unspecified atom stereocenters. The van der Waals surface area contributed by atoms with Gasteiger partial charge in [-0.15, -0.1) is 0 Å². The number of aliphatic carboxylic acids is 1. The van der Waals surface area contributed by atoms with Crippen molar-refractivity contribution in [3.8, 4) is 0 Å². The van der Waals surface area contributed by atoms with E-state index in [1.54, 1.807) is 0 Å². The van der Waals surface area contributed by atoms with Gasteiger partial charge in [-0.3, -0.25) is 0 Å². The van der Waals surface area contributed by atoms with Crippen molar-refractivity contribution in [1.82, 2.24) is 0 Å². The molecule has 27 heavy (non-hydrogen) atoms. The third-order valence-corrected chi connectivity index (χ3v) is 4.98. The molecule has 3 nitrogen and oxygen atoms in total. The summed E-state index contributed by atoms with van der Waals surface area (Å²) in [6, 6.07) is 0. The minimum absolute atomic E-state index is 0. The fourth-order valence-corrected chi connectivity index (χ4v) is 3.35. The van der Waals surface area contributed by atoms with Crippen LogP contribution in [0.25, 0.3) is 0 Å². The first-order chi connectivity index (χ1) is 12.8. The van der Waals surface area contributed by atoms with Crippen LogP contribution in [0.2, 0.25) is 0 Å². The van der Waals surface area contributed by atoms with Gasteiger partial charge in [0.1, 0.15) is 0 Å². The second-order valence-corrected chi connectivity index (χ2v) is 7.49. The van der Waals surface area contributed by atoms with Crippen molar-refractivity contribution in [3.05, 3.63) is 0 Å². The monoisotopic (exact) mass is 410 g/mol. The van der Waals surface area contributed by atoms with Crippen LogP contribution >= 0.6 is 0 Å². The first kappa shape index (κ1) is 32.7. The number of carboxylic acids is 1. The molecule has 0 rings (SSSR count). The van der Waals surface area contributed by atoms with Crippen LogP contribution in [0.15, 0.2) is 0 Å². The maximum Gasteiger partial charge on any atom is 1.00 e. The molecule has 0 atom stereocenters. The molecule has 4 heteroatoms. The minimum atomic E-state index is -0.901. The van der Waals surface area contributed by atoms with Crippen LogP contribution in [0.1, 0.15) is 135 Å². The second kappa shape index (κ2) is 31.8. The maximum absolute atomic E-state index is 10.3. The van der Waals surface area contributed by atoms with E-state index < -0.39 is 5.97 Å². The first-order valence-electron chi connectivity index (χ1n) is 11.4. The van der Waals surface area contributed by atoms with E-state index in [2.05, 4.69) is 6.92 Å². The van der Waals surface area contributed by atoms with E-state index in [4.69, 9.17) is 5.11 Å². The molecule has 0 amide bonds. The molecule has 0 aliphatic rings. The molecule has 0 aromatic rings. The molecule has 0 bridgehead atoms. The van der Waals surface area contributed by atoms with Gasteiger partial charge in [0, 0.05) is 13.1 Å². The predicted molar refractivity (Wildman–Crippen MR) is 111 cm³/mol.